The molecule has 2 atom stereocenters. The second kappa shape index (κ2) is 50.0. The fourth-order valence-corrected chi connectivity index (χ4v) is 8.10. The minimum atomic E-state index is -0.853. The van der Waals surface area contributed by atoms with Gasteiger partial charge in [-0.15, -0.1) is 0 Å². The van der Waals surface area contributed by atoms with Crippen LogP contribution in [0.5, 0.6) is 0 Å². The number of esters is 1. The van der Waals surface area contributed by atoms with Gasteiger partial charge in [-0.25, -0.2) is 0 Å². The third-order valence-corrected chi connectivity index (χ3v) is 12.2. The fourth-order valence-electron chi connectivity index (χ4n) is 8.10. The molecule has 354 valence electrons. The predicted octanol–water partition coefficient (Wildman–Crippen LogP) is 15.9. The Bertz CT molecular complexity index is 935. The number of rotatable bonds is 49. The van der Waals surface area contributed by atoms with E-state index in [0.717, 1.165) is 57.8 Å². The highest BCUT2D eigenvalue weighted by molar-refractivity contribution is 5.76. The van der Waals surface area contributed by atoms with Crippen LogP contribution in [0.4, 0.5) is 0 Å². The summed E-state index contributed by atoms with van der Waals surface area (Å²) in [7, 11) is 0. The van der Waals surface area contributed by atoms with Crippen molar-refractivity contribution in [2.24, 2.45) is 0 Å². The molecule has 0 heterocycles. The molecule has 0 saturated carbocycles. The first-order valence-corrected chi connectivity index (χ1v) is 26.6. The fraction of sp³-hybridized carbons (Fsp3) is 0.889. The van der Waals surface area contributed by atoms with E-state index in [1.54, 1.807) is 6.08 Å². The summed E-state index contributed by atoms with van der Waals surface area (Å²) >= 11 is 0. The number of nitrogens with one attached hydrogen (secondary N) is 1. The van der Waals surface area contributed by atoms with Crippen molar-refractivity contribution in [2.45, 2.75) is 296 Å². The molecule has 0 aromatic carbocycles. The first-order valence-electron chi connectivity index (χ1n) is 26.6. The monoisotopic (exact) mass is 846 g/mol. The molecule has 6 nitrogen and oxygen atoms in total. The maximum absolute atomic E-state index is 12.4. The highest BCUT2D eigenvalue weighted by Crippen LogP contribution is 2.16. The van der Waals surface area contributed by atoms with Crippen LogP contribution in [0.2, 0.25) is 0 Å². The maximum Gasteiger partial charge on any atom is 0.305 e. The quantitative estimate of drug-likeness (QED) is 0.0322. The Morgan fingerprint density at radius 2 is 0.783 bits per heavy atom. The molecule has 0 aromatic heterocycles. The van der Waals surface area contributed by atoms with E-state index in [0.29, 0.717) is 19.4 Å². The van der Waals surface area contributed by atoms with Crippen molar-refractivity contribution in [1.29, 1.82) is 0 Å². The number of allylic oxidation sites excluding steroid dienone is 3. The van der Waals surface area contributed by atoms with Gasteiger partial charge in [0.25, 0.3) is 0 Å². The second-order valence-corrected chi connectivity index (χ2v) is 18.2. The molecule has 0 aliphatic heterocycles. The Morgan fingerprint density at radius 1 is 0.450 bits per heavy atom. The molecule has 0 spiro atoms. The van der Waals surface area contributed by atoms with Gasteiger partial charge in [0, 0.05) is 12.8 Å². The smallest absolute Gasteiger partial charge is 0.305 e. The molecule has 1 amide bonds. The van der Waals surface area contributed by atoms with Crippen LogP contribution < -0.4 is 5.32 Å². The SMILES string of the molecule is CCCCCCC/C=C\CCCCCCCC(=O)OCCCCCCCCCCCCCCCC(=O)NC(CO)C(O)/C=C/CCCCCCCCCCCCCCCC. The average Bonchev–Trinajstić information content (AvgIpc) is 3.25. The van der Waals surface area contributed by atoms with Crippen LogP contribution in [-0.4, -0.2) is 47.4 Å². The minimum absolute atomic E-state index is 0.0154. The maximum atomic E-state index is 12.4. The summed E-state index contributed by atoms with van der Waals surface area (Å²) in [6.07, 6.45) is 58.9. The van der Waals surface area contributed by atoms with Gasteiger partial charge < -0.3 is 20.3 Å². The van der Waals surface area contributed by atoms with Gasteiger partial charge in [-0.05, 0) is 57.8 Å². The van der Waals surface area contributed by atoms with Gasteiger partial charge in [0.1, 0.15) is 0 Å². The lowest BCUT2D eigenvalue weighted by atomic mass is 10.0. The number of carbonyl (C=O) groups excluding carboxylic acids is 2. The lowest BCUT2D eigenvalue weighted by molar-refractivity contribution is -0.143. The molecule has 0 fully saturated rings. The molecule has 0 rings (SSSR count). The molecule has 0 aliphatic rings. The van der Waals surface area contributed by atoms with Gasteiger partial charge in [-0.2, -0.15) is 0 Å². The molecule has 0 bridgehead atoms. The summed E-state index contributed by atoms with van der Waals surface area (Å²) in [5, 5.41) is 23.1. The predicted molar refractivity (Wildman–Crippen MR) is 260 cm³/mol. The average molecular weight is 846 g/mol. The van der Waals surface area contributed by atoms with E-state index < -0.39 is 12.1 Å². The number of ether oxygens (including phenoxy) is 1. The summed E-state index contributed by atoms with van der Waals surface area (Å²) in [5.41, 5.74) is 0. The highest BCUT2D eigenvalue weighted by atomic mass is 16.5. The summed E-state index contributed by atoms with van der Waals surface area (Å²) in [6.45, 7) is 4.87. The number of amides is 1. The van der Waals surface area contributed by atoms with Crippen LogP contribution in [0, 0.1) is 0 Å². The first kappa shape index (κ1) is 58.3. The van der Waals surface area contributed by atoms with Crippen LogP contribution in [0.25, 0.3) is 0 Å². The van der Waals surface area contributed by atoms with E-state index in [-0.39, 0.29) is 18.5 Å². The molecule has 60 heavy (non-hydrogen) atoms. The van der Waals surface area contributed by atoms with Gasteiger partial charge in [-0.1, -0.05) is 237 Å². The second-order valence-electron chi connectivity index (χ2n) is 18.2. The van der Waals surface area contributed by atoms with Crippen LogP contribution >= 0.6 is 0 Å². The Labute approximate surface area is 373 Å². The van der Waals surface area contributed by atoms with E-state index >= 15 is 0 Å². The minimum Gasteiger partial charge on any atom is -0.466 e. The van der Waals surface area contributed by atoms with Crippen molar-refractivity contribution in [3.05, 3.63) is 24.3 Å². The number of hydrogen-bond donors (Lipinski definition) is 3. The van der Waals surface area contributed by atoms with Crippen molar-refractivity contribution >= 4 is 11.9 Å². The number of aliphatic hydroxyl groups excluding tert-OH is 2. The van der Waals surface area contributed by atoms with Crippen LogP contribution in [0.3, 0.4) is 0 Å². The molecule has 0 radical (unpaired) electrons. The van der Waals surface area contributed by atoms with Gasteiger partial charge in [0.05, 0.1) is 25.4 Å². The van der Waals surface area contributed by atoms with Crippen molar-refractivity contribution in [3.8, 4) is 0 Å². The number of hydrogen-bond acceptors (Lipinski definition) is 5. The summed E-state index contributed by atoms with van der Waals surface area (Å²) in [5.74, 6) is -0.0957. The Morgan fingerprint density at radius 3 is 1.18 bits per heavy atom. The normalized spacial score (nSPS) is 12.8. The Balaban J connectivity index is 3.49. The molecule has 0 aromatic rings. The highest BCUT2D eigenvalue weighted by Gasteiger charge is 2.18. The molecular formula is C54H103NO5. The largest absolute Gasteiger partial charge is 0.466 e. The topological polar surface area (TPSA) is 95.9 Å². The molecule has 3 N–H and O–H groups in total. The molecule has 0 aliphatic carbocycles. The van der Waals surface area contributed by atoms with E-state index in [1.807, 2.05) is 6.08 Å². The summed E-state index contributed by atoms with van der Waals surface area (Å²) in [6, 6.07) is -0.637. The van der Waals surface area contributed by atoms with Crippen LogP contribution in [0.1, 0.15) is 284 Å². The third-order valence-electron chi connectivity index (χ3n) is 12.2. The standard InChI is InChI=1S/C54H103NO5/c1-3-5-7-9-11-13-15-17-19-20-22-26-30-34-38-42-46-52(57)51(50-56)55-53(58)47-43-39-35-31-27-23-21-25-29-33-37-41-45-49-60-54(59)48-44-40-36-32-28-24-18-16-14-12-10-8-6-4-2/h16,18,42,46,51-52,56-57H,3-15,17,19-41,43-45,47-50H2,1-2H3,(H,55,58)/b18-16-,46-42+. The molecule has 2 unspecified atom stereocenters. The first-order chi connectivity index (χ1) is 29.5. The van der Waals surface area contributed by atoms with Gasteiger partial charge >= 0.3 is 5.97 Å². The Hall–Kier alpha value is -1.66. The van der Waals surface area contributed by atoms with Crippen molar-refractivity contribution in [2.75, 3.05) is 13.2 Å². The zero-order chi connectivity index (χ0) is 43.7. The van der Waals surface area contributed by atoms with E-state index in [9.17, 15) is 19.8 Å². The number of carbonyl (C=O) groups is 2. The lowest BCUT2D eigenvalue weighted by Gasteiger charge is -2.20. The third kappa shape index (κ3) is 45.9. The van der Waals surface area contributed by atoms with Crippen LogP contribution in [-0.2, 0) is 14.3 Å². The van der Waals surface area contributed by atoms with Gasteiger partial charge in [0.2, 0.25) is 5.91 Å². The van der Waals surface area contributed by atoms with E-state index in [1.165, 1.54) is 199 Å². The van der Waals surface area contributed by atoms with Gasteiger partial charge in [-0.3, -0.25) is 9.59 Å². The van der Waals surface area contributed by atoms with Crippen molar-refractivity contribution < 1.29 is 24.5 Å². The van der Waals surface area contributed by atoms with Crippen molar-refractivity contribution in [3.63, 3.8) is 0 Å². The van der Waals surface area contributed by atoms with E-state index in [2.05, 4.69) is 31.3 Å². The van der Waals surface area contributed by atoms with Gasteiger partial charge in [0.15, 0.2) is 0 Å². The molecule has 0 saturated heterocycles. The molecule has 6 heteroatoms. The zero-order valence-corrected chi connectivity index (χ0v) is 40.2. The van der Waals surface area contributed by atoms with Crippen LogP contribution in [0.15, 0.2) is 24.3 Å². The lowest BCUT2D eigenvalue weighted by Crippen LogP contribution is -2.45. The van der Waals surface area contributed by atoms with Crippen molar-refractivity contribution in [1.82, 2.24) is 5.32 Å². The van der Waals surface area contributed by atoms with E-state index in [4.69, 9.17) is 4.74 Å². The number of aliphatic hydroxyl groups is 2. The summed E-state index contributed by atoms with van der Waals surface area (Å²) in [4.78, 5) is 24.5. The summed E-state index contributed by atoms with van der Waals surface area (Å²) < 4.78 is 5.46. The zero-order valence-electron chi connectivity index (χ0n) is 40.2. The Kier molecular flexibility index (Phi) is 48.6. The molecular weight excluding hydrogens is 743 g/mol. The number of unbranched alkanes of at least 4 members (excludes halogenated alkanes) is 36.